The van der Waals surface area contributed by atoms with Gasteiger partial charge in [-0.2, -0.15) is 0 Å². The number of benzene rings is 1. The average molecular weight is 237 g/mol. The lowest BCUT2D eigenvalue weighted by Gasteiger charge is -2.30. The Hall–Kier alpha value is -1.19. The number of H-pyrrole nitrogens is 1. The molecule has 1 saturated heterocycles. The van der Waals surface area contributed by atoms with E-state index in [1.54, 1.807) is 0 Å². The monoisotopic (exact) mass is 236 g/mol. The molecule has 1 aromatic heterocycles. The van der Waals surface area contributed by atoms with Gasteiger partial charge in [-0.25, -0.2) is 0 Å². The van der Waals surface area contributed by atoms with Gasteiger partial charge in [0, 0.05) is 24.7 Å². The number of morpholine rings is 1. The predicted octanol–water partition coefficient (Wildman–Crippen LogP) is 2.66. The molecule has 1 aliphatic rings. The SMILES string of the molecule is Clc1ccc2cc[nH]c2c1N1CCOCC1. The molecule has 0 atom stereocenters. The number of nitrogens with one attached hydrogen (secondary N) is 1. The Labute approximate surface area is 99.0 Å². The Morgan fingerprint density at radius 2 is 2.00 bits per heavy atom. The number of aromatic amines is 1. The van der Waals surface area contributed by atoms with Gasteiger partial charge in [-0.15, -0.1) is 0 Å². The third-order valence-corrected chi connectivity index (χ3v) is 3.28. The van der Waals surface area contributed by atoms with Crippen LogP contribution in [0.1, 0.15) is 0 Å². The second-order valence-corrected chi connectivity index (χ2v) is 4.34. The lowest BCUT2D eigenvalue weighted by molar-refractivity contribution is 0.123. The summed E-state index contributed by atoms with van der Waals surface area (Å²) >= 11 is 6.29. The number of anilines is 1. The highest BCUT2D eigenvalue weighted by Crippen LogP contribution is 2.33. The standard InChI is InChI=1S/C12H13ClN2O/c13-10-2-1-9-3-4-14-11(9)12(10)15-5-7-16-8-6-15/h1-4,14H,5-8H2. The highest BCUT2D eigenvalue weighted by Gasteiger charge is 2.17. The summed E-state index contributed by atoms with van der Waals surface area (Å²) in [5, 5.41) is 2.00. The lowest BCUT2D eigenvalue weighted by Crippen LogP contribution is -2.36. The van der Waals surface area contributed by atoms with Crippen LogP contribution in [0.15, 0.2) is 24.4 Å². The van der Waals surface area contributed by atoms with Crippen LogP contribution in [0.3, 0.4) is 0 Å². The van der Waals surface area contributed by atoms with Crippen molar-refractivity contribution in [3.05, 3.63) is 29.4 Å². The Bertz CT molecular complexity index is 503. The summed E-state index contributed by atoms with van der Waals surface area (Å²) in [6.07, 6.45) is 1.95. The molecule has 1 aliphatic heterocycles. The van der Waals surface area contributed by atoms with Gasteiger partial charge in [0.25, 0.3) is 0 Å². The maximum absolute atomic E-state index is 6.29. The number of rotatable bonds is 1. The summed E-state index contributed by atoms with van der Waals surface area (Å²) in [7, 11) is 0. The van der Waals surface area contributed by atoms with Gasteiger partial charge >= 0.3 is 0 Å². The summed E-state index contributed by atoms with van der Waals surface area (Å²) in [4.78, 5) is 5.54. The highest BCUT2D eigenvalue weighted by atomic mass is 35.5. The molecule has 3 nitrogen and oxygen atoms in total. The molecule has 84 valence electrons. The van der Waals surface area contributed by atoms with E-state index < -0.39 is 0 Å². The summed E-state index contributed by atoms with van der Waals surface area (Å²) in [6.45, 7) is 3.34. The van der Waals surface area contributed by atoms with Crippen LogP contribution < -0.4 is 4.90 Å². The molecule has 3 rings (SSSR count). The Morgan fingerprint density at radius 1 is 1.19 bits per heavy atom. The zero-order valence-electron chi connectivity index (χ0n) is 8.87. The van der Waals surface area contributed by atoms with Crippen molar-refractivity contribution in [2.24, 2.45) is 0 Å². The van der Waals surface area contributed by atoms with Crippen molar-refractivity contribution in [1.29, 1.82) is 0 Å². The molecule has 4 heteroatoms. The Kier molecular flexibility index (Phi) is 2.50. The smallest absolute Gasteiger partial charge is 0.0802 e. The lowest BCUT2D eigenvalue weighted by atomic mass is 10.2. The van der Waals surface area contributed by atoms with E-state index in [1.165, 1.54) is 5.39 Å². The Balaban J connectivity index is 2.12. The van der Waals surface area contributed by atoms with Crippen molar-refractivity contribution in [2.45, 2.75) is 0 Å². The first-order chi connectivity index (χ1) is 7.86. The number of halogens is 1. The molecule has 0 bridgehead atoms. The van der Waals surface area contributed by atoms with Gasteiger partial charge in [0.05, 0.1) is 29.4 Å². The van der Waals surface area contributed by atoms with Crippen LogP contribution in [0.25, 0.3) is 10.9 Å². The molecule has 0 saturated carbocycles. The zero-order chi connectivity index (χ0) is 11.0. The highest BCUT2D eigenvalue weighted by molar-refractivity contribution is 6.34. The fourth-order valence-electron chi connectivity index (χ4n) is 2.18. The van der Waals surface area contributed by atoms with Crippen molar-refractivity contribution in [1.82, 2.24) is 4.98 Å². The van der Waals surface area contributed by atoms with E-state index in [-0.39, 0.29) is 0 Å². The first-order valence-electron chi connectivity index (χ1n) is 5.44. The first kappa shape index (κ1) is 10.00. The minimum Gasteiger partial charge on any atom is -0.378 e. The molecule has 2 aromatic rings. The molecule has 16 heavy (non-hydrogen) atoms. The zero-order valence-corrected chi connectivity index (χ0v) is 9.63. The van der Waals surface area contributed by atoms with E-state index in [0.717, 1.165) is 42.5 Å². The van der Waals surface area contributed by atoms with Gasteiger partial charge < -0.3 is 14.6 Å². The normalized spacial score (nSPS) is 16.9. The molecule has 0 unspecified atom stereocenters. The van der Waals surface area contributed by atoms with Crippen LogP contribution in [-0.2, 0) is 4.74 Å². The molecule has 2 heterocycles. The van der Waals surface area contributed by atoms with Crippen LogP contribution >= 0.6 is 11.6 Å². The summed E-state index contributed by atoms with van der Waals surface area (Å²) < 4.78 is 5.36. The number of aromatic nitrogens is 1. The predicted molar refractivity (Wildman–Crippen MR) is 66.3 cm³/mol. The Morgan fingerprint density at radius 3 is 2.81 bits per heavy atom. The molecule has 1 aromatic carbocycles. The molecular weight excluding hydrogens is 224 g/mol. The van der Waals surface area contributed by atoms with Gasteiger partial charge in [0.15, 0.2) is 0 Å². The van der Waals surface area contributed by atoms with Crippen LogP contribution in [0.4, 0.5) is 5.69 Å². The second-order valence-electron chi connectivity index (χ2n) is 3.94. The summed E-state index contributed by atoms with van der Waals surface area (Å²) in [5.74, 6) is 0. The minimum absolute atomic E-state index is 0.771. The van der Waals surface area contributed by atoms with Crippen molar-refractivity contribution in [3.63, 3.8) is 0 Å². The topological polar surface area (TPSA) is 28.3 Å². The van der Waals surface area contributed by atoms with Crippen molar-refractivity contribution in [3.8, 4) is 0 Å². The molecule has 1 N–H and O–H groups in total. The molecular formula is C12H13ClN2O. The van der Waals surface area contributed by atoms with Crippen LogP contribution in [-0.4, -0.2) is 31.3 Å². The van der Waals surface area contributed by atoms with Crippen molar-refractivity contribution in [2.75, 3.05) is 31.2 Å². The van der Waals surface area contributed by atoms with Crippen LogP contribution in [0, 0.1) is 0 Å². The third-order valence-electron chi connectivity index (χ3n) is 2.98. The average Bonchev–Trinajstić information content (AvgIpc) is 2.78. The maximum atomic E-state index is 6.29. The van der Waals surface area contributed by atoms with Crippen molar-refractivity contribution < 1.29 is 4.74 Å². The van der Waals surface area contributed by atoms with Crippen LogP contribution in [0.2, 0.25) is 5.02 Å². The van der Waals surface area contributed by atoms with Gasteiger partial charge in [0.2, 0.25) is 0 Å². The molecule has 1 fully saturated rings. The minimum atomic E-state index is 0.771. The molecule has 0 spiro atoms. The van der Waals surface area contributed by atoms with E-state index in [4.69, 9.17) is 16.3 Å². The molecule has 0 amide bonds. The fourth-order valence-corrected chi connectivity index (χ4v) is 2.46. The largest absolute Gasteiger partial charge is 0.378 e. The van der Waals surface area contributed by atoms with E-state index in [0.29, 0.717) is 0 Å². The molecule has 0 aliphatic carbocycles. The quantitative estimate of drug-likeness (QED) is 0.825. The third kappa shape index (κ3) is 1.56. The van der Waals surface area contributed by atoms with Gasteiger partial charge in [-0.05, 0) is 12.1 Å². The van der Waals surface area contributed by atoms with E-state index in [9.17, 15) is 0 Å². The second kappa shape index (κ2) is 4.00. The molecule has 0 radical (unpaired) electrons. The summed E-state index contributed by atoms with van der Waals surface area (Å²) in [5.41, 5.74) is 2.22. The number of hydrogen-bond donors (Lipinski definition) is 1. The van der Waals surface area contributed by atoms with Crippen molar-refractivity contribution >= 4 is 28.2 Å². The number of fused-ring (bicyclic) bond motifs is 1. The van der Waals surface area contributed by atoms with E-state index in [2.05, 4.69) is 16.0 Å². The van der Waals surface area contributed by atoms with Gasteiger partial charge in [-0.3, -0.25) is 0 Å². The van der Waals surface area contributed by atoms with Gasteiger partial charge in [0.1, 0.15) is 0 Å². The maximum Gasteiger partial charge on any atom is 0.0802 e. The number of nitrogens with zero attached hydrogens (tertiary/aromatic N) is 1. The number of ether oxygens (including phenoxy) is 1. The van der Waals surface area contributed by atoms with Gasteiger partial charge in [-0.1, -0.05) is 17.7 Å². The van der Waals surface area contributed by atoms with Crippen LogP contribution in [0.5, 0.6) is 0 Å². The summed E-state index contributed by atoms with van der Waals surface area (Å²) in [6, 6.07) is 6.07. The fraction of sp³-hybridized carbons (Fsp3) is 0.333. The number of hydrogen-bond acceptors (Lipinski definition) is 2. The first-order valence-corrected chi connectivity index (χ1v) is 5.82. The van der Waals surface area contributed by atoms with E-state index in [1.807, 2.05) is 18.3 Å². The van der Waals surface area contributed by atoms with E-state index >= 15 is 0 Å².